The Hall–Kier alpha value is -5.77. The lowest BCUT2D eigenvalue weighted by Gasteiger charge is -2.39. The maximum Gasteiger partial charge on any atom is 0.319 e. The molecule has 6 aromatic rings. The molecule has 0 bridgehead atoms. The quantitative estimate of drug-likeness (QED) is 0.109. The summed E-state index contributed by atoms with van der Waals surface area (Å²) in [5, 5.41) is 15.5. The fourth-order valence-corrected chi connectivity index (χ4v) is 6.86. The zero-order valence-corrected chi connectivity index (χ0v) is 31.2. The molecule has 6 aromatic carbocycles. The number of nitrogens with one attached hydrogen (secondary N) is 2. The summed E-state index contributed by atoms with van der Waals surface area (Å²) >= 11 is 0. The van der Waals surface area contributed by atoms with Gasteiger partial charge in [-0.05, 0) is 83.8 Å². The second kappa shape index (κ2) is 18.0. The summed E-state index contributed by atoms with van der Waals surface area (Å²) in [6, 6.07) is 51.6. The Morgan fingerprint density at radius 3 is 2.11 bits per heavy atom. The number of likely N-dealkylation sites (N-methyl/N-ethyl adjacent to an activating group) is 1. The smallest absolute Gasteiger partial charge is 0.319 e. The maximum absolute atomic E-state index is 12.9. The standard InChI is InChI=1S/C47H47N3O5/c1-33(35-11-5-3-6-12-35)50(2)31-43-29-45(37-19-17-34(32-51)18-20-37)55-46(54-43)38-23-21-36(22-24-38)44-16-10-9-13-39(44)30-48-47(52)49-40-25-27-42(28-26-40)53-41-14-7-4-8-15-41/h3-28,33,43,45-46,51H,29-32H2,1-2H3,(H2,48,49,52)/t33-,43+,45-,46-/m0/s1. The van der Waals surface area contributed by atoms with Crippen molar-refractivity contribution in [2.45, 2.75) is 51.0 Å². The van der Waals surface area contributed by atoms with E-state index in [-0.39, 0.29) is 30.9 Å². The van der Waals surface area contributed by atoms with E-state index in [0.29, 0.717) is 24.4 Å². The lowest BCUT2D eigenvalue weighted by molar-refractivity contribution is -0.253. The number of rotatable bonds is 13. The zero-order chi connectivity index (χ0) is 38.0. The molecule has 1 aliphatic rings. The van der Waals surface area contributed by atoms with Crippen molar-refractivity contribution >= 4 is 11.7 Å². The molecule has 0 unspecified atom stereocenters. The molecule has 0 aromatic heterocycles. The summed E-state index contributed by atoms with van der Waals surface area (Å²) in [5.41, 5.74) is 7.82. The van der Waals surface area contributed by atoms with Crippen LogP contribution >= 0.6 is 0 Å². The number of hydrogen-bond acceptors (Lipinski definition) is 6. The number of carbonyl (C=O) groups excluding carboxylic acids is 1. The Kier molecular flexibility index (Phi) is 12.3. The largest absolute Gasteiger partial charge is 0.457 e. The van der Waals surface area contributed by atoms with Gasteiger partial charge in [0.05, 0.1) is 18.8 Å². The number of aliphatic hydroxyl groups is 1. The van der Waals surface area contributed by atoms with Gasteiger partial charge in [-0.15, -0.1) is 0 Å². The summed E-state index contributed by atoms with van der Waals surface area (Å²) in [5.74, 6) is 1.44. The minimum absolute atomic E-state index is 0.00154. The van der Waals surface area contributed by atoms with Crippen molar-refractivity contribution in [3.8, 4) is 22.6 Å². The number of amides is 2. The van der Waals surface area contributed by atoms with Crippen LogP contribution in [0.4, 0.5) is 10.5 Å². The molecular formula is C47H47N3O5. The third-order valence-electron chi connectivity index (χ3n) is 10.1. The van der Waals surface area contributed by atoms with Crippen LogP contribution in [0.1, 0.15) is 59.6 Å². The zero-order valence-electron chi connectivity index (χ0n) is 31.2. The first-order chi connectivity index (χ1) is 26.9. The molecule has 1 aliphatic heterocycles. The summed E-state index contributed by atoms with van der Waals surface area (Å²) in [6.07, 6.45) is -0.0954. The van der Waals surface area contributed by atoms with Crippen LogP contribution < -0.4 is 15.4 Å². The highest BCUT2D eigenvalue weighted by molar-refractivity contribution is 5.89. The van der Waals surface area contributed by atoms with Gasteiger partial charge in [-0.3, -0.25) is 4.90 Å². The van der Waals surface area contributed by atoms with Gasteiger partial charge in [0.1, 0.15) is 11.5 Å². The van der Waals surface area contributed by atoms with Gasteiger partial charge in [-0.2, -0.15) is 0 Å². The summed E-state index contributed by atoms with van der Waals surface area (Å²) in [4.78, 5) is 15.2. The lowest BCUT2D eigenvalue weighted by Crippen LogP contribution is -2.38. The number of ether oxygens (including phenoxy) is 3. The minimum atomic E-state index is -0.560. The molecule has 55 heavy (non-hydrogen) atoms. The molecule has 2 amide bonds. The average molecular weight is 734 g/mol. The van der Waals surface area contributed by atoms with Crippen molar-refractivity contribution in [2.24, 2.45) is 0 Å². The van der Waals surface area contributed by atoms with Crippen LogP contribution in [-0.2, 0) is 22.6 Å². The van der Waals surface area contributed by atoms with Gasteiger partial charge >= 0.3 is 6.03 Å². The number of anilines is 1. The Morgan fingerprint density at radius 2 is 1.40 bits per heavy atom. The molecule has 0 spiro atoms. The van der Waals surface area contributed by atoms with Crippen LogP contribution in [0.15, 0.2) is 158 Å². The molecule has 4 atom stereocenters. The first kappa shape index (κ1) is 37.5. The van der Waals surface area contributed by atoms with Crippen LogP contribution in [0.3, 0.4) is 0 Å². The molecule has 8 nitrogen and oxygen atoms in total. The minimum Gasteiger partial charge on any atom is -0.457 e. The molecule has 280 valence electrons. The number of benzene rings is 6. The Bertz CT molecular complexity index is 2110. The van der Waals surface area contributed by atoms with E-state index in [1.807, 2.05) is 103 Å². The molecule has 0 saturated carbocycles. The highest BCUT2D eigenvalue weighted by Gasteiger charge is 2.33. The van der Waals surface area contributed by atoms with Crippen molar-refractivity contribution < 1.29 is 24.1 Å². The molecule has 1 heterocycles. The molecule has 1 saturated heterocycles. The van der Waals surface area contributed by atoms with E-state index in [0.717, 1.165) is 45.7 Å². The number of para-hydroxylation sites is 1. The first-order valence-electron chi connectivity index (χ1n) is 18.7. The van der Waals surface area contributed by atoms with Crippen molar-refractivity contribution in [3.05, 3.63) is 186 Å². The molecular weight excluding hydrogens is 687 g/mol. The van der Waals surface area contributed by atoms with E-state index < -0.39 is 6.29 Å². The highest BCUT2D eigenvalue weighted by atomic mass is 16.7. The fraction of sp³-hybridized carbons (Fsp3) is 0.213. The van der Waals surface area contributed by atoms with E-state index in [4.69, 9.17) is 14.2 Å². The fourth-order valence-electron chi connectivity index (χ4n) is 6.86. The van der Waals surface area contributed by atoms with Crippen molar-refractivity contribution in [2.75, 3.05) is 18.9 Å². The SMILES string of the molecule is C[C@@H](c1ccccc1)N(C)C[C@H]1C[C@@H](c2ccc(CO)cc2)O[C@@H](c2ccc(-c3ccccc3CNC(=O)Nc3ccc(Oc4ccccc4)cc3)cc2)O1. The monoisotopic (exact) mass is 733 g/mol. The van der Waals surface area contributed by atoms with Gasteiger partial charge in [0, 0.05) is 36.8 Å². The van der Waals surface area contributed by atoms with E-state index >= 15 is 0 Å². The summed E-state index contributed by atoms with van der Waals surface area (Å²) < 4.78 is 19.2. The Morgan fingerprint density at radius 1 is 0.764 bits per heavy atom. The Balaban J connectivity index is 1.01. The normalized spacial score (nSPS) is 17.3. The third kappa shape index (κ3) is 9.86. The van der Waals surface area contributed by atoms with Gasteiger partial charge in [-0.1, -0.05) is 121 Å². The van der Waals surface area contributed by atoms with E-state index in [1.165, 1.54) is 5.56 Å². The molecule has 1 fully saturated rings. The molecule has 3 N–H and O–H groups in total. The van der Waals surface area contributed by atoms with E-state index in [2.05, 4.69) is 84.1 Å². The topological polar surface area (TPSA) is 92.3 Å². The van der Waals surface area contributed by atoms with Gasteiger partial charge in [0.2, 0.25) is 0 Å². The van der Waals surface area contributed by atoms with Crippen molar-refractivity contribution in [3.63, 3.8) is 0 Å². The number of nitrogens with zero attached hydrogens (tertiary/aromatic N) is 1. The molecule has 8 heteroatoms. The van der Waals surface area contributed by atoms with Crippen molar-refractivity contribution in [1.29, 1.82) is 0 Å². The van der Waals surface area contributed by atoms with Crippen LogP contribution in [0, 0.1) is 0 Å². The van der Waals surface area contributed by atoms with Crippen LogP contribution in [0.2, 0.25) is 0 Å². The second-order valence-electron chi connectivity index (χ2n) is 13.9. The summed E-state index contributed by atoms with van der Waals surface area (Å²) in [7, 11) is 2.14. The second-order valence-corrected chi connectivity index (χ2v) is 13.9. The number of urea groups is 1. The first-order valence-corrected chi connectivity index (χ1v) is 18.7. The van der Waals surface area contributed by atoms with Crippen molar-refractivity contribution in [1.82, 2.24) is 10.2 Å². The summed E-state index contributed by atoms with van der Waals surface area (Å²) in [6.45, 7) is 3.31. The Labute approximate surface area is 323 Å². The number of hydrogen-bond donors (Lipinski definition) is 3. The third-order valence-corrected chi connectivity index (χ3v) is 10.1. The predicted molar refractivity (Wildman–Crippen MR) is 217 cm³/mol. The molecule has 0 radical (unpaired) electrons. The predicted octanol–water partition coefficient (Wildman–Crippen LogP) is 10.2. The lowest BCUT2D eigenvalue weighted by atomic mass is 9.97. The van der Waals surface area contributed by atoms with Gasteiger partial charge in [0.25, 0.3) is 0 Å². The number of aliphatic hydroxyl groups excluding tert-OH is 1. The average Bonchev–Trinajstić information content (AvgIpc) is 3.24. The van der Waals surface area contributed by atoms with Crippen LogP contribution in [0.25, 0.3) is 11.1 Å². The molecule has 0 aliphatic carbocycles. The maximum atomic E-state index is 12.9. The van der Waals surface area contributed by atoms with Crippen LogP contribution in [0.5, 0.6) is 11.5 Å². The van der Waals surface area contributed by atoms with Gasteiger partial charge in [-0.25, -0.2) is 4.79 Å². The number of carbonyl (C=O) groups is 1. The van der Waals surface area contributed by atoms with E-state index in [9.17, 15) is 9.90 Å². The van der Waals surface area contributed by atoms with Gasteiger partial charge in [0.15, 0.2) is 6.29 Å². The van der Waals surface area contributed by atoms with Gasteiger partial charge < -0.3 is 30.0 Å². The highest BCUT2D eigenvalue weighted by Crippen LogP contribution is 2.39. The van der Waals surface area contributed by atoms with Crippen LogP contribution in [-0.4, -0.2) is 35.7 Å². The van der Waals surface area contributed by atoms with E-state index in [1.54, 1.807) is 0 Å². The molecule has 7 rings (SSSR count).